The molecule has 6 heteroatoms. The molecule has 0 unspecified atom stereocenters. The molecule has 0 aromatic carbocycles. The van der Waals surface area contributed by atoms with Crippen LogP contribution < -0.4 is 5.73 Å². The lowest BCUT2D eigenvalue weighted by Crippen LogP contribution is -1.72. The SMILES string of the molecule is CN.O=NC(=S)N=O. The summed E-state index contributed by atoms with van der Waals surface area (Å²) in [6.45, 7) is 0. The summed E-state index contributed by atoms with van der Waals surface area (Å²) in [5, 5.41) is 3.33. The maximum Gasteiger partial charge on any atom is 0.303 e. The second-order valence-electron chi connectivity index (χ2n) is 0.465. The van der Waals surface area contributed by atoms with Crippen molar-refractivity contribution >= 4 is 17.3 Å². The number of nitroso groups, excluding NO2 is 2. The molecule has 0 amide bonds. The summed E-state index contributed by atoms with van der Waals surface area (Å²) in [5.41, 5.74) is 4.50. The molecule has 0 rings (SSSR count). The fraction of sp³-hybridized carbons (Fsp3) is 0.500. The van der Waals surface area contributed by atoms with Crippen LogP contribution >= 0.6 is 12.2 Å². The van der Waals surface area contributed by atoms with Gasteiger partial charge in [-0.05, 0) is 19.3 Å². The van der Waals surface area contributed by atoms with Crippen molar-refractivity contribution in [3.63, 3.8) is 0 Å². The van der Waals surface area contributed by atoms with Gasteiger partial charge >= 0.3 is 5.11 Å². The summed E-state index contributed by atoms with van der Waals surface area (Å²) in [6, 6.07) is 0. The van der Waals surface area contributed by atoms with Crippen molar-refractivity contribution in [2.45, 2.75) is 0 Å². The van der Waals surface area contributed by atoms with Crippen molar-refractivity contribution in [2.24, 2.45) is 16.1 Å². The van der Waals surface area contributed by atoms with Crippen LogP contribution in [-0.4, -0.2) is 12.2 Å². The first-order valence-corrected chi connectivity index (χ1v) is 2.00. The molecule has 0 aliphatic heterocycles. The number of rotatable bonds is 0. The Bertz CT molecular complexity index is 83.3. The van der Waals surface area contributed by atoms with E-state index in [0.717, 1.165) is 0 Å². The number of thiocarbonyl (C=S) groups is 1. The summed E-state index contributed by atoms with van der Waals surface area (Å²) < 4.78 is 0. The molecule has 0 aromatic rings. The van der Waals surface area contributed by atoms with E-state index in [1.165, 1.54) is 7.05 Å². The molecule has 0 fully saturated rings. The van der Waals surface area contributed by atoms with Crippen molar-refractivity contribution in [3.8, 4) is 0 Å². The maximum absolute atomic E-state index is 9.05. The van der Waals surface area contributed by atoms with Crippen molar-refractivity contribution in [2.75, 3.05) is 7.05 Å². The second-order valence-corrected chi connectivity index (χ2v) is 0.830. The Hall–Kier alpha value is -0.750. The largest absolute Gasteiger partial charge is 0.333 e. The molecule has 0 bridgehead atoms. The van der Waals surface area contributed by atoms with E-state index in [1.54, 1.807) is 0 Å². The van der Waals surface area contributed by atoms with Crippen molar-refractivity contribution in [3.05, 3.63) is 9.81 Å². The standard InChI is InChI=1S/CN2O2S.CH5N/c4-2-1(6)3-5;1-2/h;2H2,1H3. The minimum Gasteiger partial charge on any atom is -0.333 e. The van der Waals surface area contributed by atoms with E-state index in [4.69, 9.17) is 9.81 Å². The Balaban J connectivity index is 0. The van der Waals surface area contributed by atoms with E-state index in [2.05, 4.69) is 18.0 Å². The highest BCUT2D eigenvalue weighted by Crippen LogP contribution is 1.75. The maximum atomic E-state index is 9.05. The van der Waals surface area contributed by atoms with Gasteiger partial charge in [-0.3, -0.25) is 0 Å². The zero-order chi connectivity index (χ0) is 6.99. The number of hydrogen-bond acceptors (Lipinski definition) is 4. The molecule has 0 aromatic heterocycles. The van der Waals surface area contributed by atoms with Gasteiger partial charge in [-0.25, -0.2) is 0 Å². The summed E-state index contributed by atoms with van der Waals surface area (Å²) in [7, 11) is 1.50. The van der Waals surface area contributed by atoms with Gasteiger partial charge in [-0.15, -0.1) is 9.81 Å². The van der Waals surface area contributed by atoms with Crippen LogP contribution in [0.15, 0.2) is 10.4 Å². The fourth-order valence-electron chi connectivity index (χ4n) is 0.0167. The predicted octanol–water partition coefficient (Wildman–Crippen LogP) is 0.379. The third-order valence-corrected chi connectivity index (χ3v) is 0.305. The Labute approximate surface area is 51.2 Å². The number of nitrogens with two attached hydrogens (primary N) is 1. The van der Waals surface area contributed by atoms with E-state index in [-0.39, 0.29) is 0 Å². The van der Waals surface area contributed by atoms with Crippen LogP contribution in [0.25, 0.3) is 0 Å². The average molecular weight is 135 g/mol. The molecule has 46 valence electrons. The van der Waals surface area contributed by atoms with E-state index < -0.39 is 5.11 Å². The van der Waals surface area contributed by atoms with E-state index in [1.807, 2.05) is 10.4 Å². The molecule has 0 heterocycles. The van der Waals surface area contributed by atoms with Crippen LogP contribution in [0.4, 0.5) is 0 Å². The van der Waals surface area contributed by atoms with Crippen LogP contribution in [0.1, 0.15) is 0 Å². The molecular weight excluding hydrogens is 130 g/mol. The first-order valence-electron chi connectivity index (χ1n) is 1.59. The zero-order valence-corrected chi connectivity index (χ0v) is 5.01. The van der Waals surface area contributed by atoms with E-state index >= 15 is 0 Å². The van der Waals surface area contributed by atoms with Crippen molar-refractivity contribution in [1.82, 2.24) is 0 Å². The predicted molar refractivity (Wildman–Crippen MR) is 34.3 cm³/mol. The van der Waals surface area contributed by atoms with Gasteiger partial charge < -0.3 is 5.73 Å². The van der Waals surface area contributed by atoms with Crippen LogP contribution in [0.3, 0.4) is 0 Å². The van der Waals surface area contributed by atoms with Gasteiger partial charge in [0.2, 0.25) is 0 Å². The van der Waals surface area contributed by atoms with Crippen LogP contribution in [0, 0.1) is 9.81 Å². The number of hydrogen-bond donors (Lipinski definition) is 1. The molecule has 0 aliphatic rings. The third-order valence-electron chi connectivity index (χ3n) is 0.156. The van der Waals surface area contributed by atoms with Gasteiger partial charge in [-0.1, -0.05) is 0 Å². The highest BCUT2D eigenvalue weighted by Gasteiger charge is 1.84. The van der Waals surface area contributed by atoms with E-state index in [0.29, 0.717) is 0 Å². The molecule has 2 N–H and O–H groups in total. The molecule has 0 radical (unpaired) electrons. The van der Waals surface area contributed by atoms with Crippen molar-refractivity contribution < 1.29 is 0 Å². The minimum atomic E-state index is -0.685. The van der Waals surface area contributed by atoms with E-state index in [9.17, 15) is 0 Å². The summed E-state index contributed by atoms with van der Waals surface area (Å²) in [6.07, 6.45) is 0. The third kappa shape index (κ3) is 8.98. The topological polar surface area (TPSA) is 84.9 Å². The Morgan fingerprint density at radius 3 is 1.62 bits per heavy atom. The molecule has 0 saturated heterocycles. The normalized spacial score (nSPS) is 5.75. The van der Waals surface area contributed by atoms with Gasteiger partial charge in [0.05, 0.1) is 0 Å². The van der Waals surface area contributed by atoms with Crippen LogP contribution in [-0.2, 0) is 0 Å². The van der Waals surface area contributed by atoms with Gasteiger partial charge in [-0.2, -0.15) is 0 Å². The highest BCUT2D eigenvalue weighted by molar-refractivity contribution is 7.80. The molecule has 0 spiro atoms. The molecule has 0 saturated carbocycles. The summed E-state index contributed by atoms with van der Waals surface area (Å²) in [4.78, 5) is 18.1. The monoisotopic (exact) mass is 135 g/mol. The Kier molecular flexibility index (Phi) is 12.2. The Morgan fingerprint density at radius 2 is 1.62 bits per heavy atom. The average Bonchev–Trinajstić information content (AvgIpc) is 1.91. The molecule has 0 aliphatic carbocycles. The lowest BCUT2D eigenvalue weighted by Gasteiger charge is -1.60. The smallest absolute Gasteiger partial charge is 0.303 e. The van der Waals surface area contributed by atoms with Crippen LogP contribution in [0.2, 0.25) is 0 Å². The van der Waals surface area contributed by atoms with Gasteiger partial charge in [0, 0.05) is 10.4 Å². The molecule has 5 nitrogen and oxygen atoms in total. The molecule has 0 atom stereocenters. The quantitative estimate of drug-likeness (QED) is 0.384. The van der Waals surface area contributed by atoms with Crippen molar-refractivity contribution in [1.29, 1.82) is 0 Å². The van der Waals surface area contributed by atoms with Gasteiger partial charge in [0.15, 0.2) is 0 Å². The zero-order valence-electron chi connectivity index (χ0n) is 4.20. The highest BCUT2D eigenvalue weighted by atomic mass is 32.1. The first-order chi connectivity index (χ1) is 3.81. The van der Waals surface area contributed by atoms with Crippen LogP contribution in [0.5, 0.6) is 0 Å². The second kappa shape index (κ2) is 9.54. The Morgan fingerprint density at radius 1 is 1.38 bits per heavy atom. The molecular formula is C2H5N3O2S. The fourth-order valence-corrected chi connectivity index (χ4v) is 0.0167. The summed E-state index contributed by atoms with van der Waals surface area (Å²) >= 11 is 3.90. The summed E-state index contributed by atoms with van der Waals surface area (Å²) in [5.74, 6) is 0. The van der Waals surface area contributed by atoms with Gasteiger partial charge in [0.1, 0.15) is 0 Å². The lowest BCUT2D eigenvalue weighted by molar-refractivity contribution is 1.48. The van der Waals surface area contributed by atoms with Gasteiger partial charge in [0.25, 0.3) is 0 Å². The minimum absolute atomic E-state index is 0.685. The first kappa shape index (κ1) is 10.3. The number of nitrogens with zero attached hydrogens (tertiary/aromatic N) is 2. The molecule has 8 heavy (non-hydrogen) atoms. The lowest BCUT2D eigenvalue weighted by atomic mass is 11.2.